The topological polar surface area (TPSA) is 451 Å². The fourth-order valence-electron chi connectivity index (χ4n) is 11.1. The Morgan fingerprint density at radius 3 is 2.03 bits per heavy atom. The van der Waals surface area contributed by atoms with Crippen LogP contribution in [0.2, 0.25) is 5.02 Å². The van der Waals surface area contributed by atoms with Gasteiger partial charge in [-0.05, 0) is 110 Å². The molecule has 13 atom stereocenters. The van der Waals surface area contributed by atoms with E-state index in [1.54, 1.807) is 0 Å². The average molecular weight is 1250 g/mol. The lowest BCUT2D eigenvalue weighted by molar-refractivity contribution is -0.255. The largest absolute Gasteiger partial charge is 0.508 e. The molecule has 0 radical (unpaired) electrons. The highest BCUT2D eigenvalue weighted by atomic mass is 35.5. The number of aromatic hydroxyl groups is 4. The van der Waals surface area contributed by atoms with Crippen molar-refractivity contribution in [3.63, 3.8) is 0 Å². The maximum Gasteiger partial charge on any atom is 0.330 e. The summed E-state index contributed by atoms with van der Waals surface area (Å²) in [6, 6.07) is 2.82. The Kier molecular flexibility index (Phi) is 18.6. The number of carbonyl (C=O) groups excluding carboxylic acids is 7. The van der Waals surface area contributed by atoms with Gasteiger partial charge in [0.05, 0.1) is 29.7 Å². The summed E-state index contributed by atoms with van der Waals surface area (Å²) in [5, 5.41) is 97.3. The van der Waals surface area contributed by atoms with Crippen LogP contribution in [-0.2, 0) is 47.8 Å². The molecule has 28 nitrogen and oxygen atoms in total. The molecule has 11 bridgehead atoms. The van der Waals surface area contributed by atoms with Gasteiger partial charge in [-0.15, -0.1) is 0 Å². The second kappa shape index (κ2) is 25.8. The van der Waals surface area contributed by atoms with E-state index in [1.807, 2.05) is 13.8 Å². The van der Waals surface area contributed by atoms with Gasteiger partial charge in [-0.2, -0.15) is 0 Å². The Labute approximate surface area is 512 Å². The maximum atomic E-state index is 15.7. The lowest BCUT2D eigenvalue weighted by atomic mass is 9.86. The van der Waals surface area contributed by atoms with Crippen molar-refractivity contribution in [2.75, 3.05) is 7.05 Å². The number of aliphatic hydroxyl groups is 2. The minimum Gasteiger partial charge on any atom is -0.508 e. The number of phenolic OH excluding ortho intramolecular Hbond substituents is 4. The van der Waals surface area contributed by atoms with Gasteiger partial charge in [-0.1, -0.05) is 49.7 Å². The van der Waals surface area contributed by atoms with Crippen LogP contribution in [0.1, 0.15) is 105 Å². The van der Waals surface area contributed by atoms with E-state index in [0.29, 0.717) is 0 Å². The van der Waals surface area contributed by atoms with Crippen LogP contribution in [0.25, 0.3) is 11.1 Å². The predicted octanol–water partition coefficient (Wildman–Crippen LogP) is 1.98. The number of halogens is 1. The molecule has 472 valence electrons. The van der Waals surface area contributed by atoms with Crippen molar-refractivity contribution >= 4 is 58.9 Å². The molecule has 0 aliphatic carbocycles. The number of aliphatic hydroxyl groups excluding tert-OH is 2. The van der Waals surface area contributed by atoms with Crippen molar-refractivity contribution in [1.82, 2.24) is 37.2 Å². The number of carbonyl (C=O) groups is 8. The second-order valence-electron chi connectivity index (χ2n) is 22.8. The molecule has 5 aromatic rings. The quantitative estimate of drug-likeness (QED) is 0.0950. The van der Waals surface area contributed by atoms with Gasteiger partial charge in [0.15, 0.2) is 23.8 Å². The highest BCUT2D eigenvalue weighted by Crippen LogP contribution is 2.47. The number of primary amides is 1. The van der Waals surface area contributed by atoms with E-state index in [9.17, 15) is 59.7 Å². The molecule has 0 saturated carbocycles. The van der Waals surface area contributed by atoms with Gasteiger partial charge in [-0.3, -0.25) is 33.6 Å². The number of phenols is 4. The summed E-state index contributed by atoms with van der Waals surface area (Å²) in [7, 11) is 1.50. The number of benzene rings is 5. The Morgan fingerprint density at radius 2 is 1.39 bits per heavy atom. The van der Waals surface area contributed by atoms with Crippen LogP contribution in [0.15, 0.2) is 84.9 Å². The van der Waals surface area contributed by atoms with E-state index in [2.05, 4.69) is 37.2 Å². The molecule has 0 unspecified atom stereocenters. The molecule has 6 aliphatic rings. The van der Waals surface area contributed by atoms with Gasteiger partial charge in [0.2, 0.25) is 47.1 Å². The van der Waals surface area contributed by atoms with Crippen molar-refractivity contribution in [3.8, 4) is 57.1 Å². The van der Waals surface area contributed by atoms with Crippen LogP contribution in [0.3, 0.4) is 0 Å². The van der Waals surface area contributed by atoms with Gasteiger partial charge < -0.3 is 103 Å². The smallest absolute Gasteiger partial charge is 0.330 e. The van der Waals surface area contributed by atoms with Crippen molar-refractivity contribution in [1.29, 1.82) is 0 Å². The Bertz CT molecular complexity index is 3640. The van der Waals surface area contributed by atoms with Crippen molar-refractivity contribution in [2.45, 2.75) is 125 Å². The molecule has 0 spiro atoms. The number of nitrogens with one attached hydrogen (secondary N) is 7. The Balaban J connectivity index is 1.27. The van der Waals surface area contributed by atoms with Crippen LogP contribution in [-0.4, -0.2) is 138 Å². The van der Waals surface area contributed by atoms with E-state index >= 15 is 14.4 Å². The summed E-state index contributed by atoms with van der Waals surface area (Å²) in [5.41, 5.74) is 8.84. The first-order valence-corrected chi connectivity index (χ1v) is 28.4. The standard InChI is InChI=1S/C60H66ClN9O19/c1-23(2)14-34(64-5)53(78)69-47-49(75)27-9-13-38(33(61)16-27)88-40-18-28-17-39(50(40)76)87-30-10-6-25(7-11-30)51(89-42-22-60(4,63)52(77)24(3)86-42)48-58(83)68-46(59(84)85)32-19-29(71)20-37(73)43(32)31-15-26(8-12-36(31)72)44(55(80)70-48)67-56(81)45(28)66-54(79)35(21-41(62)74)65-57(47)82/h6-13,15-20,23-24,34-35,42,44-49,51-52,64,71-73,75-77H,14,21-22,63H2,1-5H3,(H2,62,74)(H,65,82)(H,66,79)(H,67,81)(H,68,83)(H,69,78)(H,70,80)(H,84,85)/t24-,34+,35-,42-,44+,45+,46-,47+,48-,49+,51+,52-,60-/m0/s1. The summed E-state index contributed by atoms with van der Waals surface area (Å²) in [5.74, 6) is -14.5. The number of ether oxygens (including phenoxy) is 4. The maximum absolute atomic E-state index is 15.7. The zero-order valence-corrected chi connectivity index (χ0v) is 49.0. The van der Waals surface area contributed by atoms with Crippen molar-refractivity contribution < 1.29 is 93.0 Å². The third-order valence-corrected chi connectivity index (χ3v) is 15.9. The third kappa shape index (κ3) is 13.7. The molecule has 6 heterocycles. The molecular weight excluding hydrogens is 1190 g/mol. The minimum absolute atomic E-state index is 0.0412. The number of fused-ring (bicyclic) bond motifs is 15. The normalized spacial score (nSPS) is 26.6. The summed E-state index contributed by atoms with van der Waals surface area (Å²) < 4.78 is 25.1. The number of carboxylic acid groups (broad SMARTS) is 1. The van der Waals surface area contributed by atoms with E-state index in [1.165, 1.54) is 63.4 Å². The average Bonchev–Trinajstić information content (AvgIpc) is 1.35. The number of nitrogens with two attached hydrogens (primary N) is 2. The van der Waals surface area contributed by atoms with Gasteiger partial charge in [0, 0.05) is 34.7 Å². The molecule has 0 aromatic heterocycles. The molecule has 89 heavy (non-hydrogen) atoms. The molecule has 11 rings (SSSR count). The summed E-state index contributed by atoms with van der Waals surface area (Å²) in [4.78, 5) is 116. The van der Waals surface area contributed by atoms with Crippen LogP contribution >= 0.6 is 11.6 Å². The predicted molar refractivity (Wildman–Crippen MR) is 312 cm³/mol. The summed E-state index contributed by atoms with van der Waals surface area (Å²) in [6.07, 6.45) is -8.27. The summed E-state index contributed by atoms with van der Waals surface area (Å²) >= 11 is 6.82. The summed E-state index contributed by atoms with van der Waals surface area (Å²) in [6.45, 7) is 6.71. The molecule has 1 saturated heterocycles. The van der Waals surface area contributed by atoms with Gasteiger partial charge in [-0.25, -0.2) is 4.79 Å². The molecule has 7 amide bonds. The molecule has 1 fully saturated rings. The number of likely N-dealkylation sites (N-methyl/N-ethyl adjacent to an activating group) is 1. The first-order chi connectivity index (χ1) is 42.0. The fourth-order valence-corrected chi connectivity index (χ4v) is 11.3. The number of hydrogen-bond acceptors (Lipinski definition) is 20. The zero-order chi connectivity index (χ0) is 64.7. The Morgan fingerprint density at radius 1 is 0.753 bits per heavy atom. The zero-order valence-electron chi connectivity index (χ0n) is 48.3. The number of aliphatic carboxylic acids is 1. The minimum atomic E-state index is -2.19. The molecule has 5 aromatic carbocycles. The Hall–Kier alpha value is -9.29. The van der Waals surface area contributed by atoms with Crippen molar-refractivity contribution in [3.05, 3.63) is 118 Å². The lowest BCUT2D eigenvalue weighted by Crippen LogP contribution is -2.61. The lowest BCUT2D eigenvalue weighted by Gasteiger charge is -2.44. The van der Waals surface area contributed by atoms with Gasteiger partial charge >= 0.3 is 5.97 Å². The highest BCUT2D eigenvalue weighted by molar-refractivity contribution is 6.32. The third-order valence-electron chi connectivity index (χ3n) is 15.6. The first-order valence-electron chi connectivity index (χ1n) is 28.0. The van der Waals surface area contributed by atoms with E-state index in [0.717, 1.165) is 42.5 Å². The SMILES string of the molecule is CN[C@H](CC(C)C)C(=O)N[C@H]1C(=O)N[C@@H](CC(N)=O)C(=O)N[C@H]2C(=O)N[C@H]3C(=O)N[C@H](C(=O)N[C@H](C(=O)O)c4cc(O)cc(O)c4-c4cc3ccc4O)[C@H](O[C@H]3C[C@](C)(N)[C@@H](O)[C@H](C)O3)c3ccc(cc3)Oc3cc2cc(c3O)Oc2ccc(cc2Cl)[C@H]1O. The van der Waals surface area contributed by atoms with Crippen molar-refractivity contribution in [2.24, 2.45) is 17.4 Å². The van der Waals surface area contributed by atoms with Gasteiger partial charge in [0.25, 0.3) is 0 Å². The van der Waals surface area contributed by atoms with E-state index < -0.39 is 183 Å². The molecule has 18 N–H and O–H groups in total. The first kappa shape index (κ1) is 64.2. The monoisotopic (exact) mass is 1250 g/mol. The van der Waals surface area contributed by atoms with Crippen LogP contribution in [0, 0.1) is 5.92 Å². The number of carboxylic acids is 1. The van der Waals surface area contributed by atoms with Crippen LogP contribution < -0.4 is 58.2 Å². The van der Waals surface area contributed by atoms with Crippen LogP contribution in [0.4, 0.5) is 0 Å². The van der Waals surface area contributed by atoms with Crippen LogP contribution in [0.5, 0.6) is 46.0 Å². The highest BCUT2D eigenvalue weighted by Gasteiger charge is 2.47. The fraction of sp³-hybridized carbons (Fsp3) is 0.367. The molecular formula is C60H66ClN9O19. The molecule has 6 aliphatic heterocycles. The number of rotatable bonds is 10. The number of amides is 7. The molecule has 29 heteroatoms. The number of hydrogen-bond donors (Lipinski definition) is 16. The second-order valence-corrected chi connectivity index (χ2v) is 23.2. The van der Waals surface area contributed by atoms with E-state index in [4.69, 9.17) is 42.0 Å². The van der Waals surface area contributed by atoms with E-state index in [-0.39, 0.29) is 57.5 Å². The van der Waals surface area contributed by atoms with Gasteiger partial charge in [0.1, 0.15) is 71.2 Å².